The Morgan fingerprint density at radius 1 is 0.901 bits per heavy atom. The molecular formula is C53H67N13O4S. The van der Waals surface area contributed by atoms with Crippen LogP contribution in [0.25, 0.3) is 11.0 Å². The van der Waals surface area contributed by atoms with Crippen LogP contribution in [0, 0.1) is 24.2 Å². The fourth-order valence-corrected chi connectivity index (χ4v) is 12.8. The van der Waals surface area contributed by atoms with Crippen LogP contribution in [-0.2, 0) is 42.0 Å². The van der Waals surface area contributed by atoms with E-state index in [-0.39, 0.29) is 35.6 Å². The first-order chi connectivity index (χ1) is 34.6. The number of carbonyl (C=O) groups is 2. The minimum atomic E-state index is -0.510. The Morgan fingerprint density at radius 2 is 1.73 bits per heavy atom. The van der Waals surface area contributed by atoms with Gasteiger partial charge in [-0.1, -0.05) is 19.3 Å². The number of H-pyrrole nitrogens is 1. The van der Waals surface area contributed by atoms with Gasteiger partial charge >= 0.3 is 0 Å². The second-order valence-corrected chi connectivity index (χ2v) is 22.1. The van der Waals surface area contributed by atoms with Crippen molar-refractivity contribution in [3.63, 3.8) is 0 Å². The zero-order chi connectivity index (χ0) is 48.5. The lowest BCUT2D eigenvalue weighted by Crippen LogP contribution is -2.61. The molecule has 1 aliphatic carbocycles. The SMILES string of the molecule is CCc1cc2ncc(CN3CCN(c4ccc(C(=O)N5CCN(CC67CCC(C(=O)NCC#Cc8nc(CN9CCC[C@H]9c9nnc%10n9CCCCC%10)sc8C)(CC6)CO7)CC5)nc4)CC3)cc2[nH]c1=O. The fourth-order valence-electron chi connectivity index (χ4n) is 11.9. The number of piperazine rings is 2. The molecule has 5 aromatic rings. The van der Waals surface area contributed by atoms with E-state index in [2.05, 4.69) is 73.4 Å². The number of nitrogens with zero attached hydrogens (tertiary/aromatic N) is 11. The Labute approximate surface area is 419 Å². The number of hydrogen-bond acceptors (Lipinski definition) is 14. The maximum Gasteiger partial charge on any atom is 0.272 e. The third-order valence-electron chi connectivity index (χ3n) is 16.3. The number of pyridine rings is 3. The number of aryl methyl sites for hydroxylation is 3. The third-order valence-corrected chi connectivity index (χ3v) is 17.2. The van der Waals surface area contributed by atoms with Crippen LogP contribution >= 0.6 is 11.3 Å². The number of ether oxygens (including phenoxy) is 1. The Bertz CT molecular complexity index is 2840. The number of likely N-dealkylation sites (tertiary alicyclic amines) is 1. The predicted octanol–water partition coefficient (Wildman–Crippen LogP) is 4.88. The molecule has 71 heavy (non-hydrogen) atoms. The second kappa shape index (κ2) is 20.5. The van der Waals surface area contributed by atoms with Gasteiger partial charge in [-0.3, -0.25) is 34.1 Å². The molecule has 6 aliphatic heterocycles. The van der Waals surface area contributed by atoms with Gasteiger partial charge in [-0.2, -0.15) is 0 Å². The number of anilines is 1. The first kappa shape index (κ1) is 47.7. The molecule has 17 nitrogen and oxygen atoms in total. The lowest BCUT2D eigenvalue weighted by atomic mass is 9.65. The van der Waals surface area contributed by atoms with Crippen molar-refractivity contribution in [1.29, 1.82) is 0 Å². The highest BCUT2D eigenvalue weighted by Crippen LogP contribution is 2.49. The minimum absolute atomic E-state index is 0.0302. The van der Waals surface area contributed by atoms with Crippen molar-refractivity contribution < 1.29 is 14.3 Å². The highest BCUT2D eigenvalue weighted by molar-refractivity contribution is 7.11. The molecule has 11 heterocycles. The zero-order valence-electron chi connectivity index (χ0n) is 41.4. The van der Waals surface area contributed by atoms with E-state index in [0.717, 1.165) is 172 Å². The van der Waals surface area contributed by atoms with Crippen LogP contribution in [-0.4, -0.2) is 150 Å². The molecule has 2 bridgehead atoms. The van der Waals surface area contributed by atoms with Gasteiger partial charge in [0.1, 0.15) is 28.0 Å². The number of fused-ring (bicyclic) bond motifs is 5. The zero-order valence-corrected chi connectivity index (χ0v) is 42.2. The maximum atomic E-state index is 13.7. The summed E-state index contributed by atoms with van der Waals surface area (Å²) < 4.78 is 8.98. The lowest BCUT2D eigenvalue weighted by molar-refractivity contribution is -0.196. The molecule has 6 fully saturated rings. The summed E-state index contributed by atoms with van der Waals surface area (Å²) in [6.07, 6.45) is 14.6. The molecule has 18 heteroatoms. The number of aromatic amines is 1. The van der Waals surface area contributed by atoms with Crippen molar-refractivity contribution >= 4 is 39.9 Å². The number of hydrogen-bond donors (Lipinski definition) is 2. The van der Waals surface area contributed by atoms with Crippen LogP contribution in [0.2, 0.25) is 0 Å². The van der Waals surface area contributed by atoms with Gasteiger partial charge < -0.3 is 29.4 Å². The van der Waals surface area contributed by atoms with Crippen LogP contribution in [0.5, 0.6) is 0 Å². The molecule has 0 radical (unpaired) electrons. The normalized spacial score (nSPS) is 24.2. The highest BCUT2D eigenvalue weighted by Gasteiger charge is 2.54. The molecule has 0 spiro atoms. The van der Waals surface area contributed by atoms with Crippen LogP contribution in [0.15, 0.2) is 41.5 Å². The van der Waals surface area contributed by atoms with E-state index in [1.807, 2.05) is 48.5 Å². The van der Waals surface area contributed by atoms with Crippen LogP contribution in [0.3, 0.4) is 0 Å². The number of aromatic nitrogens is 7. The number of nitrogens with one attached hydrogen (secondary N) is 2. The number of rotatable bonds is 12. The van der Waals surface area contributed by atoms with Crippen molar-refractivity contribution in [2.75, 3.05) is 83.5 Å². The average molecular weight is 982 g/mol. The molecule has 7 aliphatic rings. The van der Waals surface area contributed by atoms with Crippen LogP contribution < -0.4 is 15.8 Å². The largest absolute Gasteiger partial charge is 0.373 e. The summed E-state index contributed by atoms with van der Waals surface area (Å²) in [6, 6.07) is 8.08. The maximum absolute atomic E-state index is 13.7. The first-order valence-electron chi connectivity index (χ1n) is 26.1. The van der Waals surface area contributed by atoms with Gasteiger partial charge in [0, 0.05) is 95.1 Å². The van der Waals surface area contributed by atoms with Gasteiger partial charge in [0.25, 0.3) is 11.5 Å². The quantitative estimate of drug-likeness (QED) is 0.162. The third kappa shape index (κ3) is 10.1. The van der Waals surface area contributed by atoms with Crippen LogP contribution in [0.1, 0.15) is 120 Å². The standard InChI is InChI=1S/C53H67N13O4S/c1-3-39-30-43-44(58-49(39)67)29-38(31-55-43)33-61-21-25-63(26-22-61)40-12-13-42(56-32-40)50(68)64-27-23-62(24-28-64)35-53-16-14-52(15-17-53,36-70-53)51(69)54-18-7-9-41-37(2)71-47(57-41)34-65-19-8-10-45(65)48-60-59-46-11-5-4-6-20-66(46)48/h12-13,29-32,45H,3-6,8,10-11,14-28,33-36H2,1-2H3,(H,54,69)(H,58,67)/t45-,52?,53?/m0/s1. The summed E-state index contributed by atoms with van der Waals surface area (Å²) >= 11 is 1.71. The summed E-state index contributed by atoms with van der Waals surface area (Å²) in [5.41, 5.74) is 4.91. The van der Waals surface area contributed by atoms with E-state index >= 15 is 0 Å². The monoisotopic (exact) mass is 982 g/mol. The summed E-state index contributed by atoms with van der Waals surface area (Å²) in [4.78, 5) is 69.5. The van der Waals surface area contributed by atoms with E-state index in [4.69, 9.17) is 9.72 Å². The highest BCUT2D eigenvalue weighted by atomic mass is 32.1. The number of amides is 2. The molecule has 5 aromatic heterocycles. The second-order valence-electron chi connectivity index (χ2n) is 20.8. The van der Waals surface area contributed by atoms with E-state index in [0.29, 0.717) is 31.8 Å². The molecule has 374 valence electrons. The summed E-state index contributed by atoms with van der Waals surface area (Å²) in [5, 5.41) is 13.5. The van der Waals surface area contributed by atoms with Gasteiger partial charge in [-0.25, -0.2) is 9.97 Å². The van der Waals surface area contributed by atoms with Crippen molar-refractivity contribution in [1.82, 2.24) is 59.6 Å². The smallest absolute Gasteiger partial charge is 0.272 e. The van der Waals surface area contributed by atoms with E-state index < -0.39 is 5.41 Å². The molecule has 2 amide bonds. The van der Waals surface area contributed by atoms with Gasteiger partial charge in [-0.15, -0.1) is 21.5 Å². The molecular weight excluding hydrogens is 915 g/mol. The Hall–Kier alpha value is -5.58. The van der Waals surface area contributed by atoms with Gasteiger partial charge in [0.2, 0.25) is 5.91 Å². The first-order valence-corrected chi connectivity index (χ1v) is 26.9. The number of thiazole rings is 1. The Balaban J connectivity index is 0.599. The summed E-state index contributed by atoms with van der Waals surface area (Å²) in [5.74, 6) is 8.72. The van der Waals surface area contributed by atoms with Crippen molar-refractivity contribution in [3.05, 3.63) is 91.1 Å². The Kier molecular flexibility index (Phi) is 13.8. The van der Waals surface area contributed by atoms with Gasteiger partial charge in [-0.05, 0) is 107 Å². The topological polar surface area (TPSA) is 174 Å². The summed E-state index contributed by atoms with van der Waals surface area (Å²) in [6.45, 7) is 15.5. The molecule has 0 unspecified atom stereocenters. The van der Waals surface area contributed by atoms with E-state index in [1.54, 1.807) is 11.3 Å². The summed E-state index contributed by atoms with van der Waals surface area (Å²) in [7, 11) is 0. The Morgan fingerprint density at radius 3 is 2.51 bits per heavy atom. The van der Waals surface area contributed by atoms with Crippen molar-refractivity contribution in [3.8, 4) is 11.8 Å². The number of carbonyl (C=O) groups excluding carboxylic acids is 2. The molecule has 0 aromatic carbocycles. The minimum Gasteiger partial charge on any atom is -0.373 e. The fraction of sp³-hybridized carbons (Fsp3) is 0.585. The molecule has 12 rings (SSSR count). The van der Waals surface area contributed by atoms with Crippen molar-refractivity contribution in [2.24, 2.45) is 5.41 Å². The average Bonchev–Trinajstić information content (AvgIpc) is 4.08. The van der Waals surface area contributed by atoms with Crippen molar-refractivity contribution in [2.45, 2.75) is 116 Å². The molecule has 2 N–H and O–H groups in total. The van der Waals surface area contributed by atoms with Gasteiger partial charge in [0.05, 0.1) is 59.7 Å². The lowest BCUT2D eigenvalue weighted by Gasteiger charge is -2.53. The molecule has 1 atom stereocenters. The van der Waals surface area contributed by atoms with E-state index in [9.17, 15) is 14.4 Å². The van der Waals surface area contributed by atoms with E-state index in [1.165, 1.54) is 19.3 Å². The van der Waals surface area contributed by atoms with Gasteiger partial charge in [0.15, 0.2) is 0 Å². The van der Waals surface area contributed by atoms with Crippen LogP contribution in [0.4, 0.5) is 5.69 Å². The molecule has 1 saturated carbocycles. The molecule has 5 saturated heterocycles. The predicted molar refractivity (Wildman–Crippen MR) is 272 cm³/mol.